The molecule has 88 valence electrons. The van der Waals surface area contributed by atoms with Gasteiger partial charge in [-0.15, -0.1) is 0 Å². The van der Waals surface area contributed by atoms with Crippen LogP contribution in [0.1, 0.15) is 5.56 Å². The topological polar surface area (TPSA) is 76.0 Å². The predicted molar refractivity (Wildman–Crippen MR) is 60.3 cm³/mol. The summed E-state index contributed by atoms with van der Waals surface area (Å²) in [5.74, 6) is -0.803. The number of ether oxygens (including phenoxy) is 2. The highest BCUT2D eigenvalue weighted by molar-refractivity contribution is 9.10. The van der Waals surface area contributed by atoms with Crippen LogP contribution in [-0.4, -0.2) is 30.4 Å². The average molecular weight is 291 g/mol. The zero-order valence-electron chi connectivity index (χ0n) is 8.78. The molecule has 0 aliphatic heterocycles. The van der Waals surface area contributed by atoms with Crippen molar-refractivity contribution in [1.82, 2.24) is 0 Å². The summed E-state index contributed by atoms with van der Waals surface area (Å²) < 4.78 is 10.4. The van der Waals surface area contributed by atoms with Crippen LogP contribution in [0.15, 0.2) is 10.5 Å². The summed E-state index contributed by atoms with van der Waals surface area (Å²) in [7, 11) is 2.80. The molecule has 5 nitrogen and oxygen atoms in total. The number of aromatic hydroxyl groups is 1. The van der Waals surface area contributed by atoms with E-state index >= 15 is 0 Å². The Morgan fingerprint density at radius 2 is 2.06 bits per heavy atom. The minimum atomic E-state index is -1.04. The van der Waals surface area contributed by atoms with Gasteiger partial charge in [0.1, 0.15) is 0 Å². The molecule has 1 aromatic carbocycles. The van der Waals surface area contributed by atoms with E-state index < -0.39 is 5.97 Å². The smallest absolute Gasteiger partial charge is 0.308 e. The van der Waals surface area contributed by atoms with E-state index in [4.69, 9.17) is 14.6 Å². The molecule has 0 aromatic heterocycles. The molecule has 16 heavy (non-hydrogen) atoms. The van der Waals surface area contributed by atoms with Crippen LogP contribution in [-0.2, 0) is 11.2 Å². The van der Waals surface area contributed by atoms with Crippen LogP contribution >= 0.6 is 15.9 Å². The van der Waals surface area contributed by atoms with Gasteiger partial charge in [0, 0.05) is 10.0 Å². The van der Waals surface area contributed by atoms with E-state index in [1.165, 1.54) is 14.2 Å². The molecule has 0 atom stereocenters. The van der Waals surface area contributed by atoms with Crippen molar-refractivity contribution in [3.05, 3.63) is 16.1 Å². The first kappa shape index (κ1) is 12.6. The number of phenolic OH excluding ortho intramolecular Hbond substituents is 1. The number of carboxylic acids is 1. The maximum atomic E-state index is 10.6. The van der Waals surface area contributed by atoms with Crippen LogP contribution in [0.25, 0.3) is 0 Å². The second-order valence-corrected chi connectivity index (χ2v) is 3.85. The van der Waals surface area contributed by atoms with Gasteiger partial charge >= 0.3 is 5.97 Å². The minimum absolute atomic E-state index is 0.127. The molecule has 1 rings (SSSR count). The molecular weight excluding hydrogens is 280 g/mol. The Kier molecular flexibility index (Phi) is 4.00. The number of aliphatic carboxylic acids is 1. The van der Waals surface area contributed by atoms with Crippen molar-refractivity contribution in [3.8, 4) is 17.2 Å². The molecule has 0 fully saturated rings. The molecule has 0 radical (unpaired) electrons. The van der Waals surface area contributed by atoms with Gasteiger partial charge in [-0.05, 0) is 6.07 Å². The molecule has 0 unspecified atom stereocenters. The van der Waals surface area contributed by atoms with Crippen molar-refractivity contribution in [2.45, 2.75) is 6.42 Å². The van der Waals surface area contributed by atoms with Crippen molar-refractivity contribution >= 4 is 21.9 Å². The summed E-state index contributed by atoms with van der Waals surface area (Å²) >= 11 is 3.17. The third kappa shape index (κ3) is 2.38. The maximum absolute atomic E-state index is 10.6. The lowest BCUT2D eigenvalue weighted by molar-refractivity contribution is -0.136. The Labute approximate surface area is 101 Å². The summed E-state index contributed by atoms with van der Waals surface area (Å²) in [6, 6.07) is 1.55. The molecule has 6 heteroatoms. The highest BCUT2D eigenvalue weighted by Gasteiger charge is 2.19. The van der Waals surface area contributed by atoms with E-state index in [2.05, 4.69) is 15.9 Å². The minimum Gasteiger partial charge on any atom is -0.504 e. The fourth-order valence-corrected chi connectivity index (χ4v) is 1.84. The largest absolute Gasteiger partial charge is 0.504 e. The van der Waals surface area contributed by atoms with Crippen LogP contribution < -0.4 is 9.47 Å². The molecule has 0 aliphatic carbocycles. The Morgan fingerprint density at radius 1 is 1.44 bits per heavy atom. The van der Waals surface area contributed by atoms with Crippen molar-refractivity contribution in [1.29, 1.82) is 0 Å². The van der Waals surface area contributed by atoms with Crippen LogP contribution in [0.2, 0.25) is 0 Å². The predicted octanol–water partition coefficient (Wildman–Crippen LogP) is 1.80. The zero-order valence-corrected chi connectivity index (χ0v) is 10.4. The summed E-state index contributed by atoms with van der Waals surface area (Å²) in [5, 5.41) is 18.5. The van der Waals surface area contributed by atoms with E-state index in [9.17, 15) is 9.90 Å². The molecule has 0 aliphatic rings. The van der Waals surface area contributed by atoms with Gasteiger partial charge in [0.2, 0.25) is 5.75 Å². The van der Waals surface area contributed by atoms with Gasteiger partial charge in [0.05, 0.1) is 20.6 Å². The van der Waals surface area contributed by atoms with Gasteiger partial charge in [0.15, 0.2) is 11.5 Å². The second kappa shape index (κ2) is 5.07. The SMILES string of the molecule is COc1cc(Br)c(CC(=O)O)c(O)c1OC. The lowest BCUT2D eigenvalue weighted by Crippen LogP contribution is -2.03. The van der Waals surface area contributed by atoms with Gasteiger partial charge in [-0.1, -0.05) is 15.9 Å². The molecule has 0 bridgehead atoms. The van der Waals surface area contributed by atoms with Gasteiger partial charge in [0.25, 0.3) is 0 Å². The zero-order chi connectivity index (χ0) is 12.3. The lowest BCUT2D eigenvalue weighted by atomic mass is 10.1. The number of phenols is 1. The van der Waals surface area contributed by atoms with Gasteiger partial charge in [-0.2, -0.15) is 0 Å². The Bertz CT molecular complexity index is 416. The number of carboxylic acid groups (broad SMARTS) is 1. The number of hydrogen-bond acceptors (Lipinski definition) is 4. The number of halogens is 1. The van der Waals surface area contributed by atoms with Crippen molar-refractivity contribution in [2.24, 2.45) is 0 Å². The van der Waals surface area contributed by atoms with Crippen LogP contribution in [0.3, 0.4) is 0 Å². The summed E-state index contributed by atoms with van der Waals surface area (Å²) in [6.07, 6.45) is -0.299. The number of benzene rings is 1. The molecule has 1 aromatic rings. The van der Waals surface area contributed by atoms with Crippen molar-refractivity contribution < 1.29 is 24.5 Å². The van der Waals surface area contributed by atoms with E-state index in [-0.39, 0.29) is 23.5 Å². The van der Waals surface area contributed by atoms with Crippen molar-refractivity contribution in [3.63, 3.8) is 0 Å². The van der Waals surface area contributed by atoms with Gasteiger partial charge in [-0.25, -0.2) is 0 Å². The first-order valence-electron chi connectivity index (χ1n) is 4.35. The van der Waals surface area contributed by atoms with Gasteiger partial charge < -0.3 is 19.7 Å². The highest BCUT2D eigenvalue weighted by atomic mass is 79.9. The van der Waals surface area contributed by atoms with E-state index in [1.54, 1.807) is 6.07 Å². The third-order valence-electron chi connectivity index (χ3n) is 2.02. The number of methoxy groups -OCH3 is 2. The molecule has 0 spiro atoms. The number of rotatable bonds is 4. The Hall–Kier alpha value is -1.43. The lowest BCUT2D eigenvalue weighted by Gasteiger charge is -2.13. The van der Waals surface area contributed by atoms with Crippen molar-refractivity contribution in [2.75, 3.05) is 14.2 Å². The second-order valence-electron chi connectivity index (χ2n) is 2.99. The molecule has 2 N–H and O–H groups in total. The van der Waals surface area contributed by atoms with Crippen LogP contribution in [0, 0.1) is 0 Å². The van der Waals surface area contributed by atoms with Crippen LogP contribution in [0.4, 0.5) is 0 Å². The molecule has 0 saturated carbocycles. The van der Waals surface area contributed by atoms with Crippen LogP contribution in [0.5, 0.6) is 17.2 Å². The molecular formula is C10H11BrO5. The summed E-state index contributed by atoms with van der Waals surface area (Å²) in [5.41, 5.74) is 0.255. The summed E-state index contributed by atoms with van der Waals surface area (Å²) in [4.78, 5) is 10.6. The number of carbonyl (C=O) groups is 1. The quantitative estimate of drug-likeness (QED) is 0.884. The van der Waals surface area contributed by atoms with Gasteiger partial charge in [-0.3, -0.25) is 4.79 Å². The Balaban J connectivity index is 3.34. The molecule has 0 amide bonds. The van der Waals surface area contributed by atoms with E-state index in [0.29, 0.717) is 10.2 Å². The number of hydrogen-bond donors (Lipinski definition) is 2. The normalized spacial score (nSPS) is 9.94. The standard InChI is InChI=1S/C10H11BrO5/c1-15-7-4-6(11)5(3-8(12)13)9(14)10(7)16-2/h4,14H,3H2,1-2H3,(H,12,13). The Morgan fingerprint density at radius 3 is 2.50 bits per heavy atom. The third-order valence-corrected chi connectivity index (χ3v) is 2.73. The maximum Gasteiger partial charge on any atom is 0.308 e. The fraction of sp³-hybridized carbons (Fsp3) is 0.300. The monoisotopic (exact) mass is 290 g/mol. The van der Waals surface area contributed by atoms with E-state index in [0.717, 1.165) is 0 Å². The van der Waals surface area contributed by atoms with E-state index in [1.807, 2.05) is 0 Å². The first-order chi connectivity index (χ1) is 7.51. The average Bonchev–Trinajstić information content (AvgIpc) is 2.23. The summed E-state index contributed by atoms with van der Waals surface area (Å²) in [6.45, 7) is 0. The highest BCUT2D eigenvalue weighted by Crippen LogP contribution is 2.43. The first-order valence-corrected chi connectivity index (χ1v) is 5.14. The fourth-order valence-electron chi connectivity index (χ4n) is 1.30. The molecule has 0 saturated heterocycles. The molecule has 0 heterocycles.